The molecule has 1 fully saturated rings. The SMILES string of the molecule is O=S(=O)(c1ccccc1O)N1CCCC(CCO)C1. The molecule has 19 heavy (non-hydrogen) atoms. The van der Waals surface area contributed by atoms with Gasteiger partial charge >= 0.3 is 0 Å². The number of aromatic hydroxyl groups is 1. The Morgan fingerprint density at radius 1 is 1.32 bits per heavy atom. The Morgan fingerprint density at radius 2 is 2.05 bits per heavy atom. The minimum atomic E-state index is -3.64. The van der Waals surface area contributed by atoms with E-state index in [4.69, 9.17) is 5.11 Å². The molecule has 1 heterocycles. The molecule has 6 heteroatoms. The summed E-state index contributed by atoms with van der Waals surface area (Å²) in [5.74, 6) is -0.0221. The number of benzene rings is 1. The Morgan fingerprint density at radius 3 is 2.74 bits per heavy atom. The molecule has 0 amide bonds. The lowest BCUT2D eigenvalue weighted by Gasteiger charge is -2.31. The molecule has 106 valence electrons. The second kappa shape index (κ2) is 5.90. The maximum absolute atomic E-state index is 12.5. The summed E-state index contributed by atoms with van der Waals surface area (Å²) in [5, 5.41) is 18.7. The molecule has 2 rings (SSSR count). The van der Waals surface area contributed by atoms with Crippen molar-refractivity contribution in [1.29, 1.82) is 0 Å². The molecule has 0 saturated carbocycles. The van der Waals surface area contributed by atoms with E-state index < -0.39 is 10.0 Å². The average Bonchev–Trinajstić information content (AvgIpc) is 2.40. The quantitative estimate of drug-likeness (QED) is 0.870. The van der Waals surface area contributed by atoms with Crippen LogP contribution in [0.3, 0.4) is 0 Å². The van der Waals surface area contributed by atoms with Crippen molar-refractivity contribution in [1.82, 2.24) is 4.31 Å². The zero-order chi connectivity index (χ0) is 13.9. The number of nitrogens with zero attached hydrogens (tertiary/aromatic N) is 1. The maximum atomic E-state index is 12.5. The van der Waals surface area contributed by atoms with Crippen LogP contribution in [0.4, 0.5) is 0 Å². The van der Waals surface area contributed by atoms with E-state index in [2.05, 4.69) is 0 Å². The van der Waals surface area contributed by atoms with Gasteiger partial charge in [-0.2, -0.15) is 4.31 Å². The number of phenols is 1. The lowest BCUT2D eigenvalue weighted by atomic mass is 9.97. The normalized spacial score (nSPS) is 21.4. The lowest BCUT2D eigenvalue weighted by molar-refractivity contribution is 0.202. The Labute approximate surface area is 113 Å². The molecule has 1 saturated heterocycles. The first-order chi connectivity index (χ1) is 9.05. The fourth-order valence-electron chi connectivity index (χ4n) is 2.48. The molecule has 0 spiro atoms. The van der Waals surface area contributed by atoms with Gasteiger partial charge in [0, 0.05) is 19.7 Å². The maximum Gasteiger partial charge on any atom is 0.246 e. The molecule has 1 atom stereocenters. The van der Waals surface area contributed by atoms with Gasteiger partial charge in [0.2, 0.25) is 10.0 Å². The van der Waals surface area contributed by atoms with Crippen LogP contribution in [0.2, 0.25) is 0 Å². The fourth-order valence-corrected chi connectivity index (χ4v) is 4.12. The second-order valence-electron chi connectivity index (χ2n) is 4.85. The second-order valence-corrected chi connectivity index (χ2v) is 6.76. The zero-order valence-corrected chi connectivity index (χ0v) is 11.5. The predicted octanol–water partition coefficient (Wildman–Crippen LogP) is 1.18. The molecule has 2 N–H and O–H groups in total. The standard InChI is InChI=1S/C13H19NO4S/c15-9-7-11-4-3-8-14(10-11)19(17,18)13-6-2-1-5-12(13)16/h1-2,5-6,11,15-16H,3-4,7-10H2. The van der Waals surface area contributed by atoms with Gasteiger partial charge in [-0.05, 0) is 37.3 Å². The number of hydrogen-bond acceptors (Lipinski definition) is 4. The van der Waals surface area contributed by atoms with E-state index in [9.17, 15) is 13.5 Å². The van der Waals surface area contributed by atoms with E-state index in [1.165, 1.54) is 16.4 Å². The van der Waals surface area contributed by atoms with Crippen LogP contribution in [0.1, 0.15) is 19.3 Å². The molecule has 0 aromatic heterocycles. The van der Waals surface area contributed by atoms with Crippen LogP contribution >= 0.6 is 0 Å². The van der Waals surface area contributed by atoms with Gasteiger partial charge in [0.25, 0.3) is 0 Å². The van der Waals surface area contributed by atoms with Crippen molar-refractivity contribution >= 4 is 10.0 Å². The number of rotatable bonds is 4. The molecule has 0 aliphatic carbocycles. The van der Waals surface area contributed by atoms with E-state index >= 15 is 0 Å². The van der Waals surface area contributed by atoms with Crippen LogP contribution in [-0.2, 0) is 10.0 Å². The van der Waals surface area contributed by atoms with Gasteiger partial charge in [-0.1, -0.05) is 12.1 Å². The summed E-state index contributed by atoms with van der Waals surface area (Å²) in [4.78, 5) is -0.0420. The summed E-state index contributed by atoms with van der Waals surface area (Å²) in [6.07, 6.45) is 2.34. The Hall–Kier alpha value is -1.11. The van der Waals surface area contributed by atoms with Crippen LogP contribution in [0.15, 0.2) is 29.2 Å². The highest BCUT2D eigenvalue weighted by molar-refractivity contribution is 7.89. The van der Waals surface area contributed by atoms with Crippen molar-refractivity contribution in [3.8, 4) is 5.75 Å². The molecule has 1 unspecified atom stereocenters. The van der Waals surface area contributed by atoms with Crippen LogP contribution in [0.25, 0.3) is 0 Å². The van der Waals surface area contributed by atoms with Gasteiger partial charge < -0.3 is 10.2 Å². The third kappa shape index (κ3) is 3.08. The molecule has 0 radical (unpaired) electrons. The fraction of sp³-hybridized carbons (Fsp3) is 0.538. The summed E-state index contributed by atoms with van der Waals surface area (Å²) < 4.78 is 26.3. The largest absolute Gasteiger partial charge is 0.507 e. The molecule has 0 bridgehead atoms. The van der Waals surface area contributed by atoms with Gasteiger partial charge in [0.15, 0.2) is 0 Å². The number of aliphatic hydroxyl groups excluding tert-OH is 1. The van der Waals surface area contributed by atoms with Crippen LogP contribution in [0.5, 0.6) is 5.75 Å². The number of hydrogen-bond donors (Lipinski definition) is 2. The van der Waals surface area contributed by atoms with Gasteiger partial charge in [0.05, 0.1) is 0 Å². The molecule has 1 aliphatic rings. The predicted molar refractivity (Wildman–Crippen MR) is 71.3 cm³/mol. The first-order valence-electron chi connectivity index (χ1n) is 6.44. The minimum absolute atomic E-state index is 0.0420. The number of piperidine rings is 1. The average molecular weight is 285 g/mol. The third-order valence-electron chi connectivity index (χ3n) is 3.50. The summed E-state index contributed by atoms with van der Waals surface area (Å²) in [7, 11) is -3.64. The van der Waals surface area contributed by atoms with Crippen molar-refractivity contribution in [2.24, 2.45) is 5.92 Å². The van der Waals surface area contributed by atoms with Crippen LogP contribution in [0, 0.1) is 5.92 Å². The summed E-state index contributed by atoms with van der Waals surface area (Å²) in [6.45, 7) is 0.963. The highest BCUT2D eigenvalue weighted by atomic mass is 32.2. The third-order valence-corrected chi connectivity index (χ3v) is 5.41. The number of para-hydroxylation sites is 1. The Kier molecular flexibility index (Phi) is 4.44. The molecule has 5 nitrogen and oxygen atoms in total. The smallest absolute Gasteiger partial charge is 0.246 e. The highest BCUT2D eigenvalue weighted by Gasteiger charge is 2.31. The number of aliphatic hydroxyl groups is 1. The first-order valence-corrected chi connectivity index (χ1v) is 7.88. The van der Waals surface area contributed by atoms with Crippen molar-refractivity contribution < 1.29 is 18.6 Å². The molecule has 1 aliphatic heterocycles. The van der Waals surface area contributed by atoms with Gasteiger partial charge in [-0.25, -0.2) is 8.42 Å². The van der Waals surface area contributed by atoms with E-state index in [1.807, 2.05) is 0 Å². The Balaban J connectivity index is 2.22. The van der Waals surface area contributed by atoms with Crippen molar-refractivity contribution in [3.63, 3.8) is 0 Å². The molecule has 1 aromatic rings. The van der Waals surface area contributed by atoms with Gasteiger partial charge in [-0.3, -0.25) is 0 Å². The number of phenolic OH excluding ortho intramolecular Hbond substituents is 1. The first kappa shape index (κ1) is 14.3. The molecule has 1 aromatic carbocycles. The van der Waals surface area contributed by atoms with Crippen molar-refractivity contribution in [3.05, 3.63) is 24.3 Å². The molecular weight excluding hydrogens is 266 g/mol. The monoisotopic (exact) mass is 285 g/mol. The summed E-state index contributed by atoms with van der Waals surface area (Å²) in [6, 6.07) is 5.99. The lowest BCUT2D eigenvalue weighted by Crippen LogP contribution is -2.40. The van der Waals surface area contributed by atoms with Gasteiger partial charge in [-0.15, -0.1) is 0 Å². The van der Waals surface area contributed by atoms with E-state index in [1.54, 1.807) is 12.1 Å². The summed E-state index contributed by atoms with van der Waals surface area (Å²) in [5.41, 5.74) is 0. The summed E-state index contributed by atoms with van der Waals surface area (Å²) >= 11 is 0. The van der Waals surface area contributed by atoms with E-state index in [0.717, 1.165) is 12.8 Å². The molecular formula is C13H19NO4S. The number of sulfonamides is 1. The highest BCUT2D eigenvalue weighted by Crippen LogP contribution is 2.29. The minimum Gasteiger partial charge on any atom is -0.507 e. The van der Waals surface area contributed by atoms with Gasteiger partial charge in [0.1, 0.15) is 10.6 Å². The van der Waals surface area contributed by atoms with E-state index in [-0.39, 0.29) is 23.2 Å². The van der Waals surface area contributed by atoms with Crippen LogP contribution < -0.4 is 0 Å². The van der Waals surface area contributed by atoms with Crippen molar-refractivity contribution in [2.45, 2.75) is 24.2 Å². The van der Waals surface area contributed by atoms with Crippen LogP contribution in [-0.4, -0.2) is 42.6 Å². The Bertz CT molecular complexity index is 527. The van der Waals surface area contributed by atoms with E-state index in [0.29, 0.717) is 19.5 Å². The zero-order valence-electron chi connectivity index (χ0n) is 10.7. The van der Waals surface area contributed by atoms with Crippen molar-refractivity contribution in [2.75, 3.05) is 19.7 Å². The topological polar surface area (TPSA) is 77.8 Å².